The van der Waals surface area contributed by atoms with Gasteiger partial charge in [0.05, 0.1) is 29.8 Å². The molecule has 0 aliphatic heterocycles. The fraction of sp³-hybridized carbons (Fsp3) is 0.231. The molecule has 7 heteroatoms. The first-order valence-electron chi connectivity index (χ1n) is 5.80. The second-order valence-corrected chi connectivity index (χ2v) is 6.30. The van der Waals surface area contributed by atoms with Crippen LogP contribution in [0.2, 0.25) is 5.02 Å². The molecule has 1 heterocycles. The van der Waals surface area contributed by atoms with Gasteiger partial charge in [-0.05, 0) is 36.8 Å². The average Bonchev–Trinajstić information content (AvgIpc) is 2.92. The van der Waals surface area contributed by atoms with E-state index in [0.29, 0.717) is 17.1 Å². The molecule has 0 spiro atoms. The van der Waals surface area contributed by atoms with E-state index in [4.69, 9.17) is 20.8 Å². The van der Waals surface area contributed by atoms with Crippen LogP contribution in [-0.4, -0.2) is 15.5 Å². The van der Waals surface area contributed by atoms with Gasteiger partial charge in [0.2, 0.25) is 10.0 Å². The molecule has 0 unspecified atom stereocenters. The van der Waals surface area contributed by atoms with Crippen LogP contribution >= 0.6 is 11.6 Å². The third kappa shape index (κ3) is 3.15. The Morgan fingerprint density at radius 3 is 2.75 bits per heavy atom. The molecular formula is C13H14ClNO4S. The molecule has 0 atom stereocenters. The Morgan fingerprint density at radius 2 is 2.15 bits per heavy atom. The lowest BCUT2D eigenvalue weighted by Gasteiger charge is -2.11. The van der Waals surface area contributed by atoms with E-state index in [1.165, 1.54) is 19.4 Å². The topological polar surface area (TPSA) is 68.5 Å². The van der Waals surface area contributed by atoms with Gasteiger partial charge in [0.15, 0.2) is 0 Å². The number of methoxy groups -OCH3 is 1. The lowest BCUT2D eigenvalue weighted by molar-refractivity contribution is 0.414. The van der Waals surface area contributed by atoms with E-state index in [9.17, 15) is 8.42 Å². The zero-order valence-corrected chi connectivity index (χ0v) is 12.6. The number of aryl methyl sites for hydroxylation is 1. The van der Waals surface area contributed by atoms with E-state index < -0.39 is 10.0 Å². The van der Waals surface area contributed by atoms with Crippen LogP contribution in [0, 0.1) is 6.92 Å². The highest BCUT2D eigenvalue weighted by Crippen LogP contribution is 2.30. The van der Waals surface area contributed by atoms with Crippen molar-refractivity contribution < 1.29 is 17.6 Å². The van der Waals surface area contributed by atoms with Crippen LogP contribution in [0.3, 0.4) is 0 Å². The summed E-state index contributed by atoms with van der Waals surface area (Å²) < 4.78 is 37.1. The van der Waals surface area contributed by atoms with E-state index >= 15 is 0 Å². The maximum atomic E-state index is 12.2. The van der Waals surface area contributed by atoms with Crippen molar-refractivity contribution in [1.29, 1.82) is 0 Å². The van der Waals surface area contributed by atoms with Gasteiger partial charge in [-0.25, -0.2) is 13.1 Å². The molecule has 0 saturated heterocycles. The summed E-state index contributed by atoms with van der Waals surface area (Å²) in [6.45, 7) is 1.76. The van der Waals surface area contributed by atoms with Crippen molar-refractivity contribution in [3.63, 3.8) is 0 Å². The number of hydrogen-bond acceptors (Lipinski definition) is 4. The van der Waals surface area contributed by atoms with Gasteiger partial charge < -0.3 is 9.15 Å². The first-order chi connectivity index (χ1) is 9.44. The third-order valence-electron chi connectivity index (χ3n) is 2.76. The first kappa shape index (κ1) is 14.9. The fourth-order valence-corrected chi connectivity index (χ4v) is 3.29. The summed E-state index contributed by atoms with van der Waals surface area (Å²) in [5, 5.41) is 0.247. The quantitative estimate of drug-likeness (QED) is 0.921. The average molecular weight is 316 g/mol. The summed E-state index contributed by atoms with van der Waals surface area (Å²) in [5.74, 6) is 0.972. The van der Waals surface area contributed by atoms with Crippen molar-refractivity contribution in [3.05, 3.63) is 46.9 Å². The zero-order chi connectivity index (χ0) is 14.8. The molecule has 1 aromatic heterocycles. The van der Waals surface area contributed by atoms with Crippen LogP contribution in [0.15, 0.2) is 39.8 Å². The highest BCUT2D eigenvalue weighted by Gasteiger charge is 2.19. The number of hydrogen-bond donors (Lipinski definition) is 1. The maximum Gasteiger partial charge on any atom is 0.241 e. The second-order valence-electron chi connectivity index (χ2n) is 4.16. The standard InChI is InChI=1S/C13H14ClNO4S/c1-9-6-12(18-2)11(14)7-13(9)20(16,17)15-8-10-4-3-5-19-10/h3-7,15H,8H2,1-2H3. The molecule has 0 bridgehead atoms. The lowest BCUT2D eigenvalue weighted by atomic mass is 10.2. The molecule has 1 aromatic carbocycles. The Morgan fingerprint density at radius 1 is 1.40 bits per heavy atom. The molecule has 1 N–H and O–H groups in total. The smallest absolute Gasteiger partial charge is 0.241 e. The summed E-state index contributed by atoms with van der Waals surface area (Å²) in [6.07, 6.45) is 1.49. The molecule has 2 aromatic rings. The molecule has 0 amide bonds. The van der Waals surface area contributed by atoms with Gasteiger partial charge in [-0.2, -0.15) is 0 Å². The van der Waals surface area contributed by atoms with Crippen LogP contribution in [0.1, 0.15) is 11.3 Å². The van der Waals surface area contributed by atoms with Crippen LogP contribution < -0.4 is 9.46 Å². The fourth-order valence-electron chi connectivity index (χ4n) is 1.74. The van der Waals surface area contributed by atoms with Crippen LogP contribution in [0.25, 0.3) is 0 Å². The summed E-state index contributed by atoms with van der Waals surface area (Å²) in [6, 6.07) is 6.35. The van der Waals surface area contributed by atoms with Crippen LogP contribution in [0.4, 0.5) is 0 Å². The van der Waals surface area contributed by atoms with E-state index in [1.807, 2.05) is 0 Å². The maximum absolute atomic E-state index is 12.2. The third-order valence-corrected chi connectivity index (χ3v) is 4.59. The van der Waals surface area contributed by atoms with Crippen molar-refractivity contribution in [3.8, 4) is 5.75 Å². The van der Waals surface area contributed by atoms with Crippen LogP contribution in [0.5, 0.6) is 5.75 Å². The Hall–Kier alpha value is -1.50. The first-order valence-corrected chi connectivity index (χ1v) is 7.66. The molecule has 0 aliphatic carbocycles. The van der Waals surface area contributed by atoms with Gasteiger partial charge >= 0.3 is 0 Å². The minimum atomic E-state index is -3.66. The number of ether oxygens (including phenoxy) is 1. The molecule has 0 fully saturated rings. The Labute approximate surface area is 122 Å². The van der Waals surface area contributed by atoms with Gasteiger partial charge in [0.1, 0.15) is 11.5 Å². The summed E-state index contributed by atoms with van der Waals surface area (Å²) in [4.78, 5) is 0.120. The van der Waals surface area contributed by atoms with Crippen molar-refractivity contribution in [2.45, 2.75) is 18.4 Å². The molecule has 108 valence electrons. The monoisotopic (exact) mass is 315 g/mol. The summed E-state index contributed by atoms with van der Waals surface area (Å²) in [7, 11) is -2.19. The highest BCUT2D eigenvalue weighted by atomic mass is 35.5. The molecule has 20 heavy (non-hydrogen) atoms. The highest BCUT2D eigenvalue weighted by molar-refractivity contribution is 7.89. The van der Waals surface area contributed by atoms with Gasteiger partial charge in [0, 0.05) is 0 Å². The molecule has 0 aliphatic rings. The van der Waals surface area contributed by atoms with E-state index in [1.54, 1.807) is 25.1 Å². The van der Waals surface area contributed by atoms with Gasteiger partial charge in [-0.15, -0.1) is 0 Å². The van der Waals surface area contributed by atoms with Crippen molar-refractivity contribution >= 4 is 21.6 Å². The van der Waals surface area contributed by atoms with Gasteiger partial charge in [0.25, 0.3) is 0 Å². The predicted molar refractivity (Wildman–Crippen MR) is 75.5 cm³/mol. The number of rotatable bonds is 5. The minimum Gasteiger partial charge on any atom is -0.495 e. The molecule has 5 nitrogen and oxygen atoms in total. The van der Waals surface area contributed by atoms with Gasteiger partial charge in [-0.3, -0.25) is 0 Å². The SMILES string of the molecule is COc1cc(C)c(S(=O)(=O)NCc2ccco2)cc1Cl. The Bertz CT molecular complexity index is 695. The minimum absolute atomic E-state index is 0.0818. The molecule has 0 saturated carbocycles. The second kappa shape index (κ2) is 5.87. The van der Waals surface area contributed by atoms with Crippen molar-refractivity contribution in [2.75, 3.05) is 7.11 Å². The number of furan rings is 1. The Kier molecular flexibility index (Phi) is 4.37. The van der Waals surface area contributed by atoms with Crippen LogP contribution in [-0.2, 0) is 16.6 Å². The summed E-state index contributed by atoms with van der Waals surface area (Å²) in [5.41, 5.74) is 0.554. The normalized spacial score (nSPS) is 11.6. The van der Waals surface area contributed by atoms with E-state index in [2.05, 4.69) is 4.72 Å². The largest absolute Gasteiger partial charge is 0.495 e. The number of nitrogens with one attached hydrogen (secondary N) is 1. The van der Waals surface area contributed by atoms with E-state index in [0.717, 1.165) is 0 Å². The number of sulfonamides is 1. The summed E-state index contributed by atoms with van der Waals surface area (Å²) >= 11 is 5.97. The lowest BCUT2D eigenvalue weighted by Crippen LogP contribution is -2.23. The van der Waals surface area contributed by atoms with Crippen molar-refractivity contribution in [2.24, 2.45) is 0 Å². The number of benzene rings is 1. The number of halogens is 1. The Balaban J connectivity index is 2.27. The predicted octanol–water partition coefficient (Wildman–Crippen LogP) is 2.73. The zero-order valence-electron chi connectivity index (χ0n) is 11.0. The molecular weight excluding hydrogens is 302 g/mol. The van der Waals surface area contributed by atoms with Crippen molar-refractivity contribution in [1.82, 2.24) is 4.72 Å². The molecule has 2 rings (SSSR count). The molecule has 0 radical (unpaired) electrons. The van der Waals surface area contributed by atoms with E-state index in [-0.39, 0.29) is 16.5 Å². The van der Waals surface area contributed by atoms with Gasteiger partial charge in [-0.1, -0.05) is 11.6 Å².